The van der Waals surface area contributed by atoms with E-state index in [0.717, 1.165) is 12.0 Å². The van der Waals surface area contributed by atoms with Crippen molar-refractivity contribution in [3.8, 4) is 0 Å². The van der Waals surface area contributed by atoms with E-state index >= 15 is 0 Å². The Bertz CT molecular complexity index is 361. The maximum Gasteiger partial charge on any atom is 0.338 e. The number of nitrogens with one attached hydrogen (secondary N) is 1. The number of ether oxygens (including phenoxy) is 1. The molecule has 1 aromatic carbocycles. The molecule has 0 aliphatic heterocycles. The summed E-state index contributed by atoms with van der Waals surface area (Å²) in [5.74, 6) is -0.334. The molecule has 2 N–H and O–H groups in total. The van der Waals surface area contributed by atoms with Crippen molar-refractivity contribution in [2.24, 2.45) is 0 Å². The lowest BCUT2D eigenvalue weighted by Crippen LogP contribution is -2.31. The van der Waals surface area contributed by atoms with Crippen molar-refractivity contribution in [3.05, 3.63) is 35.4 Å². The van der Waals surface area contributed by atoms with Crippen LogP contribution in [0.3, 0.4) is 0 Å². The van der Waals surface area contributed by atoms with Gasteiger partial charge in [0.25, 0.3) is 0 Å². The van der Waals surface area contributed by atoms with Crippen molar-refractivity contribution in [1.29, 1.82) is 0 Å². The summed E-state index contributed by atoms with van der Waals surface area (Å²) in [6.07, 6.45) is 0.844. The van der Waals surface area contributed by atoms with Crippen LogP contribution in [0.4, 0.5) is 0 Å². The first-order valence-electron chi connectivity index (χ1n) is 5.73. The normalized spacial score (nSPS) is 12.2. The van der Waals surface area contributed by atoms with Crippen molar-refractivity contribution in [2.45, 2.75) is 25.9 Å². The van der Waals surface area contributed by atoms with Gasteiger partial charge >= 0.3 is 5.97 Å². The second kappa shape index (κ2) is 7.04. The molecule has 4 nitrogen and oxygen atoms in total. The van der Waals surface area contributed by atoms with Gasteiger partial charge in [-0.05, 0) is 18.1 Å². The fourth-order valence-electron chi connectivity index (χ4n) is 1.58. The molecule has 0 fully saturated rings. The maximum absolute atomic E-state index is 11.5. The molecule has 0 heterocycles. The Hall–Kier alpha value is -1.39. The molecule has 0 spiro atoms. The van der Waals surface area contributed by atoms with Gasteiger partial charge in [0.1, 0.15) is 0 Å². The van der Waals surface area contributed by atoms with Crippen molar-refractivity contribution >= 4 is 5.97 Å². The Morgan fingerprint density at radius 3 is 2.76 bits per heavy atom. The van der Waals surface area contributed by atoms with Crippen molar-refractivity contribution in [1.82, 2.24) is 5.32 Å². The smallest absolute Gasteiger partial charge is 0.338 e. The van der Waals surface area contributed by atoms with E-state index in [1.807, 2.05) is 19.1 Å². The van der Waals surface area contributed by atoms with Crippen LogP contribution in [-0.2, 0) is 11.3 Å². The minimum absolute atomic E-state index is 0.0562. The number of esters is 1. The highest BCUT2D eigenvalue weighted by atomic mass is 16.5. The summed E-state index contributed by atoms with van der Waals surface area (Å²) in [6.45, 7) is 2.64. The van der Waals surface area contributed by atoms with Gasteiger partial charge in [-0.3, -0.25) is 0 Å². The minimum atomic E-state index is -0.334. The van der Waals surface area contributed by atoms with Crippen LogP contribution in [0.25, 0.3) is 0 Å². The second-order valence-corrected chi connectivity index (χ2v) is 3.82. The number of carbonyl (C=O) groups is 1. The van der Waals surface area contributed by atoms with Crippen molar-refractivity contribution < 1.29 is 14.6 Å². The molecule has 1 rings (SSSR count). The van der Waals surface area contributed by atoms with Gasteiger partial charge in [-0.1, -0.05) is 25.1 Å². The first-order chi connectivity index (χ1) is 8.22. The van der Waals surface area contributed by atoms with E-state index in [1.165, 1.54) is 7.11 Å². The summed E-state index contributed by atoms with van der Waals surface area (Å²) >= 11 is 0. The Morgan fingerprint density at radius 1 is 1.47 bits per heavy atom. The zero-order valence-corrected chi connectivity index (χ0v) is 10.3. The molecule has 0 amide bonds. The average Bonchev–Trinajstić information content (AvgIpc) is 2.39. The van der Waals surface area contributed by atoms with E-state index in [1.54, 1.807) is 12.1 Å². The third-order valence-electron chi connectivity index (χ3n) is 2.72. The van der Waals surface area contributed by atoms with Crippen LogP contribution in [0.1, 0.15) is 29.3 Å². The zero-order valence-electron chi connectivity index (χ0n) is 10.3. The molecule has 0 aliphatic carbocycles. The number of hydrogen-bond donors (Lipinski definition) is 2. The highest BCUT2D eigenvalue weighted by Gasteiger charge is 2.11. The highest BCUT2D eigenvalue weighted by Crippen LogP contribution is 2.10. The van der Waals surface area contributed by atoms with E-state index in [0.29, 0.717) is 12.1 Å². The third-order valence-corrected chi connectivity index (χ3v) is 2.72. The fourth-order valence-corrected chi connectivity index (χ4v) is 1.58. The largest absolute Gasteiger partial charge is 0.465 e. The van der Waals surface area contributed by atoms with E-state index < -0.39 is 0 Å². The van der Waals surface area contributed by atoms with Gasteiger partial charge in [0.15, 0.2) is 0 Å². The van der Waals surface area contributed by atoms with Gasteiger partial charge in [-0.2, -0.15) is 0 Å². The Balaban J connectivity index is 2.73. The monoisotopic (exact) mass is 237 g/mol. The van der Waals surface area contributed by atoms with Gasteiger partial charge in [0, 0.05) is 12.6 Å². The summed E-state index contributed by atoms with van der Waals surface area (Å²) < 4.78 is 4.72. The predicted octanol–water partition coefficient (Wildman–Crippen LogP) is 1.33. The third kappa shape index (κ3) is 3.84. The molecule has 94 valence electrons. The molecular weight excluding hydrogens is 218 g/mol. The Labute approximate surface area is 102 Å². The van der Waals surface area contributed by atoms with E-state index in [2.05, 4.69) is 5.32 Å². The first kappa shape index (κ1) is 13.7. The molecule has 0 bridgehead atoms. The van der Waals surface area contributed by atoms with Crippen LogP contribution >= 0.6 is 0 Å². The van der Waals surface area contributed by atoms with Gasteiger partial charge in [-0.15, -0.1) is 0 Å². The molecule has 17 heavy (non-hydrogen) atoms. The average molecular weight is 237 g/mol. The number of rotatable bonds is 6. The van der Waals surface area contributed by atoms with Gasteiger partial charge < -0.3 is 15.2 Å². The number of hydrogen-bond acceptors (Lipinski definition) is 4. The van der Waals surface area contributed by atoms with Gasteiger partial charge in [-0.25, -0.2) is 4.79 Å². The number of methoxy groups -OCH3 is 1. The predicted molar refractivity (Wildman–Crippen MR) is 65.8 cm³/mol. The van der Waals surface area contributed by atoms with Crippen molar-refractivity contribution in [3.63, 3.8) is 0 Å². The van der Waals surface area contributed by atoms with E-state index in [4.69, 9.17) is 9.84 Å². The molecule has 0 saturated heterocycles. The fraction of sp³-hybridized carbons (Fsp3) is 0.462. The van der Waals surface area contributed by atoms with Crippen LogP contribution in [0.15, 0.2) is 24.3 Å². The number of aliphatic hydroxyl groups excluding tert-OH is 1. The molecule has 0 aromatic heterocycles. The summed E-state index contributed by atoms with van der Waals surface area (Å²) in [5, 5.41) is 12.3. The number of aliphatic hydroxyl groups is 1. The zero-order chi connectivity index (χ0) is 12.7. The standard InChI is InChI=1S/C13H19NO3/c1-3-11(9-15)14-8-10-6-4-5-7-12(10)13(16)17-2/h4-7,11,14-15H,3,8-9H2,1-2H3. The molecule has 1 unspecified atom stereocenters. The molecule has 1 aromatic rings. The second-order valence-electron chi connectivity index (χ2n) is 3.82. The van der Waals surface area contributed by atoms with Crippen LogP contribution in [0.2, 0.25) is 0 Å². The lowest BCUT2D eigenvalue weighted by atomic mass is 10.1. The molecule has 4 heteroatoms. The van der Waals surface area contributed by atoms with Crippen LogP contribution in [0.5, 0.6) is 0 Å². The quantitative estimate of drug-likeness (QED) is 0.733. The summed E-state index contributed by atoms with van der Waals surface area (Å²) in [6, 6.07) is 7.36. The number of benzene rings is 1. The van der Waals surface area contributed by atoms with Gasteiger partial charge in [0.2, 0.25) is 0 Å². The van der Waals surface area contributed by atoms with Gasteiger partial charge in [0.05, 0.1) is 19.3 Å². The van der Waals surface area contributed by atoms with Crippen LogP contribution in [-0.4, -0.2) is 30.8 Å². The minimum Gasteiger partial charge on any atom is -0.465 e. The molecule has 0 radical (unpaired) electrons. The SMILES string of the molecule is CCC(CO)NCc1ccccc1C(=O)OC. The lowest BCUT2D eigenvalue weighted by Gasteiger charge is -2.15. The van der Waals surface area contributed by atoms with Crippen LogP contribution in [0, 0.1) is 0 Å². The van der Waals surface area contributed by atoms with Crippen molar-refractivity contribution in [2.75, 3.05) is 13.7 Å². The first-order valence-corrected chi connectivity index (χ1v) is 5.73. The molecule has 1 atom stereocenters. The number of carbonyl (C=O) groups excluding carboxylic acids is 1. The summed E-state index contributed by atoms with van der Waals surface area (Å²) in [5.41, 5.74) is 1.45. The summed E-state index contributed by atoms with van der Waals surface area (Å²) in [4.78, 5) is 11.5. The van der Waals surface area contributed by atoms with Crippen LogP contribution < -0.4 is 5.32 Å². The molecular formula is C13H19NO3. The van der Waals surface area contributed by atoms with E-state index in [-0.39, 0.29) is 18.6 Å². The Kier molecular flexibility index (Phi) is 5.66. The molecule has 0 aliphatic rings. The topological polar surface area (TPSA) is 58.6 Å². The Morgan fingerprint density at radius 2 is 2.18 bits per heavy atom. The highest BCUT2D eigenvalue weighted by molar-refractivity contribution is 5.90. The summed E-state index contributed by atoms with van der Waals surface area (Å²) in [7, 11) is 1.37. The maximum atomic E-state index is 11.5. The van der Waals surface area contributed by atoms with E-state index in [9.17, 15) is 4.79 Å². The lowest BCUT2D eigenvalue weighted by molar-refractivity contribution is 0.0599. The molecule has 0 saturated carbocycles.